The molecule has 6 heteroatoms. The Labute approximate surface area is 172 Å². The average molecular weight is 436 g/mol. The highest BCUT2D eigenvalue weighted by atomic mass is 79.9. The lowest BCUT2D eigenvalue weighted by atomic mass is 10.0. The van der Waals surface area contributed by atoms with Gasteiger partial charge in [-0.05, 0) is 63.9 Å². The second-order valence-corrected chi connectivity index (χ2v) is 8.73. The van der Waals surface area contributed by atoms with Crippen molar-refractivity contribution in [2.45, 2.75) is 51.2 Å². The molecule has 3 rings (SSSR count). The quantitative estimate of drug-likeness (QED) is 0.532. The summed E-state index contributed by atoms with van der Waals surface area (Å²) < 4.78 is 1.15. The van der Waals surface area contributed by atoms with E-state index in [9.17, 15) is 0 Å². The summed E-state index contributed by atoms with van der Waals surface area (Å²) in [5, 5.41) is 7.10. The zero-order valence-corrected chi connectivity index (χ0v) is 18.3. The maximum absolute atomic E-state index is 4.87. The number of guanidine groups is 1. The van der Waals surface area contributed by atoms with Crippen LogP contribution in [0, 0.1) is 0 Å². The van der Waals surface area contributed by atoms with Gasteiger partial charge < -0.3 is 15.5 Å². The SMILES string of the molecule is CCNC(=NCC1CCCN1C)NC1CCN(Cc2ccc(Br)cc2)CC1. The molecule has 0 spiro atoms. The Hall–Kier alpha value is -1.11. The number of piperidine rings is 1. The maximum atomic E-state index is 4.87. The second kappa shape index (κ2) is 10.4. The minimum Gasteiger partial charge on any atom is -0.357 e. The van der Waals surface area contributed by atoms with Gasteiger partial charge in [-0.15, -0.1) is 0 Å². The largest absolute Gasteiger partial charge is 0.357 e. The van der Waals surface area contributed by atoms with Crippen LogP contribution in [0.25, 0.3) is 0 Å². The van der Waals surface area contributed by atoms with Crippen molar-refractivity contribution < 1.29 is 0 Å². The average Bonchev–Trinajstić information content (AvgIpc) is 3.08. The fourth-order valence-electron chi connectivity index (χ4n) is 4.00. The summed E-state index contributed by atoms with van der Waals surface area (Å²) in [5.41, 5.74) is 1.39. The lowest BCUT2D eigenvalue weighted by molar-refractivity contribution is 0.198. The van der Waals surface area contributed by atoms with E-state index in [0.717, 1.165) is 43.2 Å². The normalized spacial score (nSPS) is 22.9. The lowest BCUT2D eigenvalue weighted by Crippen LogP contribution is -2.48. The first-order chi connectivity index (χ1) is 13.1. The van der Waals surface area contributed by atoms with Crippen molar-refractivity contribution >= 4 is 21.9 Å². The molecule has 150 valence electrons. The smallest absolute Gasteiger partial charge is 0.191 e. The van der Waals surface area contributed by atoms with E-state index in [1.54, 1.807) is 0 Å². The van der Waals surface area contributed by atoms with E-state index in [1.165, 1.54) is 37.8 Å². The Morgan fingerprint density at radius 2 is 1.89 bits per heavy atom. The number of benzene rings is 1. The van der Waals surface area contributed by atoms with Gasteiger partial charge >= 0.3 is 0 Å². The third-order valence-corrected chi connectivity index (χ3v) is 6.25. The maximum Gasteiger partial charge on any atom is 0.191 e. The number of halogens is 1. The number of aliphatic imine (C=N–C) groups is 1. The van der Waals surface area contributed by atoms with Crippen molar-refractivity contribution in [1.82, 2.24) is 20.4 Å². The van der Waals surface area contributed by atoms with E-state index in [2.05, 4.69) is 74.6 Å². The first-order valence-corrected chi connectivity index (χ1v) is 11.1. The molecule has 0 bridgehead atoms. The van der Waals surface area contributed by atoms with Gasteiger partial charge in [0.2, 0.25) is 0 Å². The molecule has 1 atom stereocenters. The summed E-state index contributed by atoms with van der Waals surface area (Å²) in [6.45, 7) is 8.48. The number of hydrogen-bond acceptors (Lipinski definition) is 3. The van der Waals surface area contributed by atoms with Crippen LogP contribution in [0.15, 0.2) is 33.7 Å². The fourth-order valence-corrected chi connectivity index (χ4v) is 4.27. The van der Waals surface area contributed by atoms with E-state index >= 15 is 0 Å². The molecule has 0 aliphatic carbocycles. The van der Waals surface area contributed by atoms with Gasteiger partial charge in [0, 0.05) is 42.7 Å². The molecular formula is C21H34BrN5. The summed E-state index contributed by atoms with van der Waals surface area (Å²) in [4.78, 5) is 9.86. The van der Waals surface area contributed by atoms with Crippen LogP contribution in [-0.4, -0.2) is 67.6 Å². The Morgan fingerprint density at radius 1 is 1.15 bits per heavy atom. The van der Waals surface area contributed by atoms with Gasteiger partial charge in [-0.25, -0.2) is 0 Å². The molecule has 2 saturated heterocycles. The number of nitrogens with one attached hydrogen (secondary N) is 2. The van der Waals surface area contributed by atoms with Crippen molar-refractivity contribution in [3.63, 3.8) is 0 Å². The van der Waals surface area contributed by atoms with Crippen LogP contribution in [0.4, 0.5) is 0 Å². The van der Waals surface area contributed by atoms with Gasteiger partial charge in [0.05, 0.1) is 6.54 Å². The number of nitrogens with zero attached hydrogens (tertiary/aromatic N) is 3. The number of rotatable bonds is 6. The number of likely N-dealkylation sites (N-methyl/N-ethyl adjacent to an activating group) is 1. The van der Waals surface area contributed by atoms with E-state index in [1.807, 2.05) is 0 Å². The van der Waals surface area contributed by atoms with Crippen LogP contribution >= 0.6 is 15.9 Å². The van der Waals surface area contributed by atoms with E-state index < -0.39 is 0 Å². The molecule has 1 aromatic carbocycles. The van der Waals surface area contributed by atoms with Crippen LogP contribution in [0.1, 0.15) is 38.2 Å². The number of likely N-dealkylation sites (tertiary alicyclic amines) is 2. The topological polar surface area (TPSA) is 42.9 Å². The summed E-state index contributed by atoms with van der Waals surface area (Å²) in [6.07, 6.45) is 4.92. The molecule has 2 fully saturated rings. The minimum absolute atomic E-state index is 0.519. The Bertz CT molecular complexity index is 595. The molecule has 5 nitrogen and oxygen atoms in total. The number of hydrogen-bond donors (Lipinski definition) is 2. The van der Waals surface area contributed by atoms with Gasteiger partial charge in [0.25, 0.3) is 0 Å². The molecule has 1 unspecified atom stereocenters. The van der Waals surface area contributed by atoms with Crippen LogP contribution < -0.4 is 10.6 Å². The minimum atomic E-state index is 0.519. The second-order valence-electron chi connectivity index (χ2n) is 7.82. The summed E-state index contributed by atoms with van der Waals surface area (Å²) in [7, 11) is 2.22. The first kappa shape index (κ1) is 20.6. The highest BCUT2D eigenvalue weighted by Gasteiger charge is 2.22. The zero-order valence-electron chi connectivity index (χ0n) is 16.8. The molecule has 2 aliphatic rings. The summed E-state index contributed by atoms with van der Waals surface area (Å²) >= 11 is 3.51. The van der Waals surface area contributed by atoms with Crippen LogP contribution in [0.2, 0.25) is 0 Å². The van der Waals surface area contributed by atoms with E-state index in [0.29, 0.717) is 12.1 Å². The van der Waals surface area contributed by atoms with Crippen LogP contribution in [0.5, 0.6) is 0 Å². The third-order valence-electron chi connectivity index (χ3n) is 5.72. The van der Waals surface area contributed by atoms with Crippen molar-refractivity contribution in [3.8, 4) is 0 Å². The molecule has 1 aromatic rings. The molecule has 0 saturated carbocycles. The summed E-state index contributed by atoms with van der Waals surface area (Å²) in [5.74, 6) is 0.990. The van der Waals surface area contributed by atoms with Gasteiger partial charge in [-0.1, -0.05) is 28.1 Å². The monoisotopic (exact) mass is 435 g/mol. The van der Waals surface area contributed by atoms with E-state index in [4.69, 9.17) is 4.99 Å². The predicted molar refractivity (Wildman–Crippen MR) is 117 cm³/mol. The molecule has 2 heterocycles. The van der Waals surface area contributed by atoms with Gasteiger partial charge in [0.1, 0.15) is 0 Å². The fraction of sp³-hybridized carbons (Fsp3) is 0.667. The highest BCUT2D eigenvalue weighted by molar-refractivity contribution is 9.10. The third kappa shape index (κ3) is 6.47. The van der Waals surface area contributed by atoms with Gasteiger partial charge in [-0.3, -0.25) is 9.89 Å². The Morgan fingerprint density at radius 3 is 2.52 bits per heavy atom. The van der Waals surface area contributed by atoms with E-state index in [-0.39, 0.29) is 0 Å². The van der Waals surface area contributed by atoms with Gasteiger partial charge in [-0.2, -0.15) is 0 Å². The lowest BCUT2D eigenvalue weighted by Gasteiger charge is -2.33. The Kier molecular flexibility index (Phi) is 7.97. The molecule has 27 heavy (non-hydrogen) atoms. The molecule has 0 aromatic heterocycles. The van der Waals surface area contributed by atoms with Crippen molar-refractivity contribution in [1.29, 1.82) is 0 Å². The highest BCUT2D eigenvalue weighted by Crippen LogP contribution is 2.17. The van der Waals surface area contributed by atoms with Gasteiger partial charge in [0.15, 0.2) is 5.96 Å². The van der Waals surface area contributed by atoms with Crippen molar-refractivity contribution in [2.75, 3.05) is 39.8 Å². The zero-order chi connectivity index (χ0) is 19.1. The molecule has 0 amide bonds. The van der Waals surface area contributed by atoms with Crippen LogP contribution in [-0.2, 0) is 6.54 Å². The van der Waals surface area contributed by atoms with Crippen molar-refractivity contribution in [2.24, 2.45) is 4.99 Å². The molecule has 2 N–H and O–H groups in total. The Balaban J connectivity index is 1.45. The standard InChI is InChI=1S/C21H34BrN5/c1-3-23-21(24-15-20-5-4-12-26(20)2)25-19-10-13-27(14-11-19)16-17-6-8-18(22)9-7-17/h6-9,19-20H,3-5,10-16H2,1-2H3,(H2,23,24,25). The molecular weight excluding hydrogens is 402 g/mol. The first-order valence-electron chi connectivity index (χ1n) is 10.4. The molecule has 0 radical (unpaired) electrons. The van der Waals surface area contributed by atoms with Crippen molar-refractivity contribution in [3.05, 3.63) is 34.3 Å². The van der Waals surface area contributed by atoms with Crippen LogP contribution in [0.3, 0.4) is 0 Å². The summed E-state index contributed by atoms with van der Waals surface area (Å²) in [6, 6.07) is 9.81. The predicted octanol–water partition coefficient (Wildman–Crippen LogP) is 3.06. The molecule has 2 aliphatic heterocycles.